The average Bonchev–Trinajstić information content (AvgIpc) is 2.89. The van der Waals surface area contributed by atoms with Crippen molar-refractivity contribution < 1.29 is 0 Å². The summed E-state index contributed by atoms with van der Waals surface area (Å²) in [6, 6.07) is 8.47. The van der Waals surface area contributed by atoms with Crippen molar-refractivity contribution in [2.75, 3.05) is 6.54 Å². The van der Waals surface area contributed by atoms with Crippen LogP contribution in [0.15, 0.2) is 35.5 Å². The molecule has 1 aromatic carbocycles. The fraction of sp³-hybridized carbons (Fsp3) is 0.375. The second-order valence-corrected chi connectivity index (χ2v) is 6.20. The zero-order valence-corrected chi connectivity index (χ0v) is 16.4. The van der Waals surface area contributed by atoms with Crippen molar-refractivity contribution in [1.82, 2.24) is 15.6 Å². The maximum atomic E-state index is 4.61. The maximum Gasteiger partial charge on any atom is 0.191 e. The molecule has 0 bridgehead atoms. The molecule has 2 aromatic rings. The molecule has 2 N–H and O–H groups in total. The minimum absolute atomic E-state index is 0. The highest BCUT2D eigenvalue weighted by atomic mass is 127. The summed E-state index contributed by atoms with van der Waals surface area (Å²) in [4.78, 5) is 10.1. The van der Waals surface area contributed by atoms with Crippen LogP contribution in [-0.4, -0.2) is 17.5 Å². The van der Waals surface area contributed by atoms with Crippen molar-refractivity contribution in [2.45, 2.75) is 33.9 Å². The van der Waals surface area contributed by atoms with E-state index in [1.54, 1.807) is 11.3 Å². The lowest BCUT2D eigenvalue weighted by Crippen LogP contribution is -2.36. The minimum atomic E-state index is 0. The molecule has 0 aliphatic rings. The van der Waals surface area contributed by atoms with Gasteiger partial charge in [0, 0.05) is 17.6 Å². The van der Waals surface area contributed by atoms with Crippen LogP contribution in [-0.2, 0) is 13.1 Å². The third-order valence-electron chi connectivity index (χ3n) is 2.98. The van der Waals surface area contributed by atoms with E-state index in [0.717, 1.165) is 24.1 Å². The van der Waals surface area contributed by atoms with Gasteiger partial charge in [0.15, 0.2) is 5.96 Å². The standard InChI is InChI=1S/C16H22N4S.HI/c1-4-17-16(20-11-15-10-18-13(3)21-15)19-9-14-7-5-12(2)6-8-14;/h5-8,10H,4,9,11H2,1-3H3,(H2,17,19,20);1H. The molecule has 0 spiro atoms. The van der Waals surface area contributed by atoms with Crippen LogP contribution < -0.4 is 10.6 Å². The van der Waals surface area contributed by atoms with Crippen molar-refractivity contribution >= 4 is 41.3 Å². The number of aliphatic imine (C=N–C) groups is 1. The molecule has 0 aliphatic heterocycles. The molecule has 1 aromatic heterocycles. The van der Waals surface area contributed by atoms with Crippen LogP contribution in [0.1, 0.15) is 27.9 Å². The molecule has 0 fully saturated rings. The Labute approximate surface area is 153 Å². The third-order valence-corrected chi connectivity index (χ3v) is 3.90. The molecule has 22 heavy (non-hydrogen) atoms. The van der Waals surface area contributed by atoms with Gasteiger partial charge in [-0.15, -0.1) is 35.3 Å². The van der Waals surface area contributed by atoms with E-state index in [-0.39, 0.29) is 24.0 Å². The van der Waals surface area contributed by atoms with Gasteiger partial charge in [0.2, 0.25) is 0 Å². The average molecular weight is 430 g/mol. The molecule has 0 unspecified atom stereocenters. The smallest absolute Gasteiger partial charge is 0.191 e. The second-order valence-electron chi connectivity index (χ2n) is 4.88. The largest absolute Gasteiger partial charge is 0.357 e. The Morgan fingerprint density at radius 2 is 1.91 bits per heavy atom. The summed E-state index contributed by atoms with van der Waals surface area (Å²) < 4.78 is 0. The molecular weight excluding hydrogens is 407 g/mol. The summed E-state index contributed by atoms with van der Waals surface area (Å²) in [6.45, 7) is 8.46. The van der Waals surface area contributed by atoms with Gasteiger partial charge >= 0.3 is 0 Å². The van der Waals surface area contributed by atoms with Crippen molar-refractivity contribution in [3.8, 4) is 0 Å². The Kier molecular flexibility index (Phi) is 8.40. The lowest BCUT2D eigenvalue weighted by molar-refractivity contribution is 0.822. The number of benzene rings is 1. The van der Waals surface area contributed by atoms with Crippen LogP contribution in [0.3, 0.4) is 0 Å². The molecule has 1 heterocycles. The zero-order chi connectivity index (χ0) is 15.1. The molecule has 0 atom stereocenters. The van der Waals surface area contributed by atoms with E-state index in [2.05, 4.69) is 58.7 Å². The third kappa shape index (κ3) is 6.31. The lowest BCUT2D eigenvalue weighted by atomic mass is 10.1. The number of aromatic nitrogens is 1. The van der Waals surface area contributed by atoms with Gasteiger partial charge in [0.05, 0.1) is 18.1 Å². The van der Waals surface area contributed by atoms with Gasteiger partial charge < -0.3 is 10.6 Å². The molecule has 120 valence electrons. The number of rotatable bonds is 5. The molecule has 0 radical (unpaired) electrons. The first-order chi connectivity index (χ1) is 10.2. The van der Waals surface area contributed by atoms with Gasteiger partial charge in [-0.25, -0.2) is 9.98 Å². The zero-order valence-electron chi connectivity index (χ0n) is 13.2. The number of nitrogens with one attached hydrogen (secondary N) is 2. The van der Waals surface area contributed by atoms with Crippen LogP contribution in [0.5, 0.6) is 0 Å². The number of nitrogens with zero attached hydrogens (tertiary/aromatic N) is 2. The fourth-order valence-corrected chi connectivity index (χ4v) is 2.60. The van der Waals surface area contributed by atoms with Crippen LogP contribution in [0, 0.1) is 13.8 Å². The number of thiazole rings is 1. The fourth-order valence-electron chi connectivity index (χ4n) is 1.86. The molecule has 0 saturated carbocycles. The number of hydrogen-bond donors (Lipinski definition) is 2. The number of hydrogen-bond acceptors (Lipinski definition) is 3. The molecule has 0 aliphatic carbocycles. The van der Waals surface area contributed by atoms with Crippen LogP contribution in [0.4, 0.5) is 0 Å². The van der Waals surface area contributed by atoms with Crippen molar-refractivity contribution in [1.29, 1.82) is 0 Å². The lowest BCUT2D eigenvalue weighted by Gasteiger charge is -2.10. The number of aryl methyl sites for hydroxylation is 2. The van der Waals surface area contributed by atoms with Crippen LogP contribution >= 0.6 is 35.3 Å². The monoisotopic (exact) mass is 430 g/mol. The molecule has 4 nitrogen and oxygen atoms in total. The van der Waals surface area contributed by atoms with Crippen molar-refractivity contribution in [3.63, 3.8) is 0 Å². The first-order valence-corrected chi connectivity index (χ1v) is 7.98. The summed E-state index contributed by atoms with van der Waals surface area (Å²) in [6.07, 6.45) is 1.91. The topological polar surface area (TPSA) is 49.3 Å². The summed E-state index contributed by atoms with van der Waals surface area (Å²) in [5.74, 6) is 0.837. The van der Waals surface area contributed by atoms with Crippen molar-refractivity contribution in [3.05, 3.63) is 51.5 Å². The van der Waals surface area contributed by atoms with Gasteiger partial charge in [0.25, 0.3) is 0 Å². The molecule has 2 rings (SSSR count). The highest BCUT2D eigenvalue weighted by molar-refractivity contribution is 14.0. The predicted molar refractivity (Wildman–Crippen MR) is 105 cm³/mol. The van der Waals surface area contributed by atoms with Crippen LogP contribution in [0.2, 0.25) is 0 Å². The van der Waals surface area contributed by atoms with Crippen molar-refractivity contribution in [2.24, 2.45) is 4.99 Å². The Morgan fingerprint density at radius 3 is 2.50 bits per heavy atom. The van der Waals surface area contributed by atoms with Gasteiger partial charge in [-0.05, 0) is 26.3 Å². The Balaban J connectivity index is 0.00000242. The number of halogens is 1. The molecule has 0 saturated heterocycles. The maximum absolute atomic E-state index is 4.61. The highest BCUT2D eigenvalue weighted by Gasteiger charge is 2.01. The van der Waals surface area contributed by atoms with E-state index in [1.807, 2.05) is 13.1 Å². The second kappa shape index (κ2) is 9.78. The first-order valence-electron chi connectivity index (χ1n) is 7.16. The van der Waals surface area contributed by atoms with Gasteiger partial charge in [-0.3, -0.25) is 0 Å². The van der Waals surface area contributed by atoms with E-state index < -0.39 is 0 Å². The quantitative estimate of drug-likeness (QED) is 0.433. The van der Waals surface area contributed by atoms with Crippen LogP contribution in [0.25, 0.3) is 0 Å². The van der Waals surface area contributed by atoms with E-state index in [1.165, 1.54) is 16.0 Å². The summed E-state index contributed by atoms with van der Waals surface area (Å²) in [5.41, 5.74) is 2.49. The molecule has 0 amide bonds. The molecular formula is C16H23IN4S. The van der Waals surface area contributed by atoms with Gasteiger partial charge in [0.1, 0.15) is 0 Å². The number of guanidine groups is 1. The van der Waals surface area contributed by atoms with E-state index >= 15 is 0 Å². The van der Waals surface area contributed by atoms with E-state index in [9.17, 15) is 0 Å². The van der Waals surface area contributed by atoms with Gasteiger partial charge in [-0.1, -0.05) is 29.8 Å². The summed E-state index contributed by atoms with van der Waals surface area (Å²) in [7, 11) is 0. The van der Waals surface area contributed by atoms with E-state index in [0.29, 0.717) is 6.54 Å². The first kappa shape index (κ1) is 18.9. The summed E-state index contributed by atoms with van der Waals surface area (Å²) >= 11 is 1.71. The Hall–Kier alpha value is -1.15. The molecule has 6 heteroatoms. The Morgan fingerprint density at radius 1 is 1.18 bits per heavy atom. The predicted octanol–water partition coefficient (Wildman–Crippen LogP) is 3.63. The Bertz CT molecular complexity index is 592. The van der Waals surface area contributed by atoms with Gasteiger partial charge in [-0.2, -0.15) is 0 Å². The summed E-state index contributed by atoms with van der Waals surface area (Å²) in [5, 5.41) is 7.70. The minimum Gasteiger partial charge on any atom is -0.357 e. The highest BCUT2D eigenvalue weighted by Crippen LogP contribution is 2.10. The van der Waals surface area contributed by atoms with E-state index in [4.69, 9.17) is 0 Å². The SMILES string of the molecule is CCNC(=NCc1ccc(C)cc1)NCc1cnc(C)s1.I. The normalized spacial score (nSPS) is 11.0.